The fourth-order valence-corrected chi connectivity index (χ4v) is 4.99. The van der Waals surface area contributed by atoms with E-state index in [9.17, 15) is 11.0 Å². The molecule has 6 rings (SSSR count). The summed E-state index contributed by atoms with van der Waals surface area (Å²) in [5.74, 6) is -0.248. The maximum Gasteiger partial charge on any atom is 0.212 e. The van der Waals surface area contributed by atoms with Gasteiger partial charge in [0.25, 0.3) is 0 Å². The third-order valence-electron chi connectivity index (χ3n) is 6.56. The Kier molecular flexibility index (Phi) is 6.61. The molecular formula is C28H23Cl2FN8O. The molecule has 2 aromatic heterocycles. The number of fused-ring (bicyclic) bond motifs is 1. The number of nitrogens with zero attached hydrogens (tertiary/aromatic N) is 4. The molecule has 12 heteroatoms. The first-order valence-corrected chi connectivity index (χ1v) is 13.1. The van der Waals surface area contributed by atoms with Crippen LogP contribution in [-0.4, -0.2) is 28.1 Å². The molecule has 9 nitrogen and oxygen atoms in total. The molecule has 2 aromatic carbocycles. The van der Waals surface area contributed by atoms with Gasteiger partial charge in [-0.3, -0.25) is 9.99 Å². The Morgan fingerprint density at radius 2 is 2.05 bits per heavy atom. The van der Waals surface area contributed by atoms with Crippen LogP contribution in [0.3, 0.4) is 0 Å². The fraction of sp³-hybridized carbons (Fsp3) is 0.179. The molecule has 0 amide bonds. The van der Waals surface area contributed by atoms with Crippen LogP contribution in [0.4, 0.5) is 21.5 Å². The average molecular weight is 578 g/mol. The number of hydrogen-bond acceptors (Lipinski definition) is 9. The van der Waals surface area contributed by atoms with Gasteiger partial charge in [-0.15, -0.1) is 5.53 Å². The van der Waals surface area contributed by atoms with Crippen molar-refractivity contribution in [3.05, 3.63) is 93.9 Å². The predicted molar refractivity (Wildman–Crippen MR) is 153 cm³/mol. The Hall–Kier alpha value is -4.30. The molecule has 40 heavy (non-hydrogen) atoms. The quantitative estimate of drug-likeness (QED) is 0.182. The highest BCUT2D eigenvalue weighted by atomic mass is 35.5. The number of benzene rings is 2. The standard InChI is InChI=1S/C28H23Cl2FN8O/c1-40-28-20(29)3-2-4-22(28)36-25-16(11-32)13-34-27-19(25)9-17(10-21(27)30)35-26(15-5-8-24(31)33-12-15)23-14-39(38-37-23)18-6-7-18/h2-5,8-10,12-14,18,26,35,37-38H,6-7H2,1H3,(H,34,36)/i26D. The number of halogens is 3. The number of nitrogens with one attached hydrogen (secondary N) is 4. The molecule has 1 aliphatic carbocycles. The molecule has 1 unspecified atom stereocenters. The molecule has 0 bridgehead atoms. The van der Waals surface area contributed by atoms with E-state index in [4.69, 9.17) is 27.9 Å². The van der Waals surface area contributed by atoms with Crippen LogP contribution in [0, 0.1) is 17.3 Å². The van der Waals surface area contributed by atoms with Crippen molar-refractivity contribution in [3.63, 3.8) is 0 Å². The molecule has 1 saturated carbocycles. The van der Waals surface area contributed by atoms with Gasteiger partial charge in [0, 0.05) is 35.7 Å². The average Bonchev–Trinajstić information content (AvgIpc) is 3.69. The lowest BCUT2D eigenvalue weighted by molar-refractivity contribution is 0.260. The Morgan fingerprint density at radius 1 is 1.20 bits per heavy atom. The molecule has 2 aliphatic rings. The van der Waals surface area contributed by atoms with Gasteiger partial charge in [-0.25, -0.2) is 4.98 Å². The van der Waals surface area contributed by atoms with Crippen LogP contribution < -0.4 is 26.3 Å². The monoisotopic (exact) mass is 577 g/mol. The topological polar surface area (TPSA) is 110 Å². The molecule has 4 N–H and O–H groups in total. The second kappa shape index (κ2) is 10.7. The number of pyridine rings is 2. The molecule has 4 aromatic rings. The highest BCUT2D eigenvalue weighted by Gasteiger charge is 2.32. The van der Waals surface area contributed by atoms with E-state index in [1.54, 1.807) is 30.3 Å². The zero-order valence-corrected chi connectivity index (χ0v) is 22.6. The molecule has 1 aliphatic heterocycles. The first kappa shape index (κ1) is 24.7. The molecule has 0 saturated heterocycles. The number of methoxy groups -OCH3 is 1. The molecule has 1 fully saturated rings. The Labute approximate surface area is 240 Å². The lowest BCUT2D eigenvalue weighted by Gasteiger charge is -2.22. The summed E-state index contributed by atoms with van der Waals surface area (Å²) in [6.45, 7) is 0. The summed E-state index contributed by atoms with van der Waals surface area (Å²) in [4.78, 5) is 8.19. The lowest BCUT2D eigenvalue weighted by Crippen LogP contribution is -2.38. The van der Waals surface area contributed by atoms with Gasteiger partial charge in [0.2, 0.25) is 5.95 Å². The zero-order valence-electron chi connectivity index (χ0n) is 22.1. The van der Waals surface area contributed by atoms with Gasteiger partial charge in [0.1, 0.15) is 6.07 Å². The van der Waals surface area contributed by atoms with Crippen LogP contribution >= 0.6 is 23.2 Å². The summed E-state index contributed by atoms with van der Waals surface area (Å²) >= 11 is 13.0. The second-order valence-electron chi connectivity index (χ2n) is 9.25. The molecular weight excluding hydrogens is 554 g/mol. The number of hydrazine groups is 2. The number of para-hydroxylation sites is 1. The Bertz CT molecular complexity index is 1730. The van der Waals surface area contributed by atoms with Crippen LogP contribution in [0.25, 0.3) is 10.9 Å². The van der Waals surface area contributed by atoms with Crippen molar-refractivity contribution >= 4 is 51.2 Å². The first-order chi connectivity index (χ1) is 19.8. The van der Waals surface area contributed by atoms with Gasteiger partial charge in [-0.05, 0) is 48.7 Å². The Morgan fingerprint density at radius 3 is 2.77 bits per heavy atom. The van der Waals surface area contributed by atoms with Gasteiger partial charge in [0.05, 0.1) is 52.7 Å². The Balaban J connectivity index is 1.47. The summed E-state index contributed by atoms with van der Waals surface area (Å²) < 4.78 is 28.8. The maximum atomic E-state index is 13.7. The van der Waals surface area contributed by atoms with Gasteiger partial charge >= 0.3 is 0 Å². The number of anilines is 3. The summed E-state index contributed by atoms with van der Waals surface area (Å²) in [6, 6.07) is 12.2. The van der Waals surface area contributed by atoms with Gasteiger partial charge in [-0.2, -0.15) is 9.65 Å². The van der Waals surface area contributed by atoms with Crippen LogP contribution in [0.5, 0.6) is 5.75 Å². The number of ether oxygens (including phenoxy) is 1. The number of rotatable bonds is 8. The van der Waals surface area contributed by atoms with Gasteiger partial charge < -0.3 is 20.8 Å². The number of aromatic nitrogens is 2. The van der Waals surface area contributed by atoms with E-state index in [1.165, 1.54) is 31.6 Å². The van der Waals surface area contributed by atoms with Crippen molar-refractivity contribution in [2.24, 2.45) is 0 Å². The third kappa shape index (κ3) is 5.02. The van der Waals surface area contributed by atoms with E-state index in [2.05, 4.69) is 37.6 Å². The molecule has 0 radical (unpaired) electrons. The molecule has 0 spiro atoms. The van der Waals surface area contributed by atoms with Crippen LogP contribution in [-0.2, 0) is 0 Å². The van der Waals surface area contributed by atoms with Crippen LogP contribution in [0.15, 0.2) is 66.8 Å². The minimum absolute atomic E-state index is 0.261. The minimum atomic E-state index is -1.63. The molecule has 202 valence electrons. The molecule has 1 atom stereocenters. The summed E-state index contributed by atoms with van der Waals surface area (Å²) in [7, 11) is 1.50. The largest absolute Gasteiger partial charge is 0.493 e. The van der Waals surface area contributed by atoms with Crippen LogP contribution in [0.2, 0.25) is 10.0 Å². The van der Waals surface area contributed by atoms with Crippen molar-refractivity contribution in [2.75, 3.05) is 17.7 Å². The predicted octanol–water partition coefficient (Wildman–Crippen LogP) is 6.18. The van der Waals surface area contributed by atoms with E-state index in [1.807, 2.05) is 11.2 Å². The van der Waals surface area contributed by atoms with E-state index >= 15 is 0 Å². The summed E-state index contributed by atoms with van der Waals surface area (Å²) in [5, 5.41) is 19.5. The third-order valence-corrected chi connectivity index (χ3v) is 7.14. The van der Waals surface area contributed by atoms with Crippen molar-refractivity contribution in [2.45, 2.75) is 24.9 Å². The second-order valence-corrected chi connectivity index (χ2v) is 10.1. The maximum absolute atomic E-state index is 13.7. The van der Waals surface area contributed by atoms with E-state index in [0.717, 1.165) is 12.8 Å². The minimum Gasteiger partial charge on any atom is -0.493 e. The highest BCUT2D eigenvalue weighted by molar-refractivity contribution is 6.36. The number of hydrogen-bond donors (Lipinski definition) is 4. The zero-order chi connectivity index (χ0) is 28.7. The van der Waals surface area contributed by atoms with Gasteiger partial charge in [-0.1, -0.05) is 35.3 Å². The highest BCUT2D eigenvalue weighted by Crippen LogP contribution is 2.40. The van der Waals surface area contributed by atoms with E-state index < -0.39 is 12.0 Å². The van der Waals surface area contributed by atoms with Crippen molar-refractivity contribution in [1.82, 2.24) is 25.9 Å². The van der Waals surface area contributed by atoms with Crippen LogP contribution in [0.1, 0.15) is 31.4 Å². The van der Waals surface area contributed by atoms with E-state index in [0.29, 0.717) is 61.1 Å². The summed E-state index contributed by atoms with van der Waals surface area (Å²) in [5.41, 5.74) is 9.14. The van der Waals surface area contributed by atoms with Gasteiger partial charge in [0.15, 0.2) is 5.75 Å². The van der Waals surface area contributed by atoms with Crippen molar-refractivity contribution < 1.29 is 10.5 Å². The number of nitriles is 1. The van der Waals surface area contributed by atoms with Crippen molar-refractivity contribution in [3.8, 4) is 11.8 Å². The molecule has 3 heterocycles. The SMILES string of the molecule is [2H]C(Nc1cc(Cl)c2ncc(C#N)c(Nc3cccc(Cl)c3OC)c2c1)(C1=CN(C2CC2)NN1)c1ccc(F)nc1. The lowest BCUT2D eigenvalue weighted by atomic mass is 10.0. The fourth-order valence-electron chi connectivity index (χ4n) is 4.47. The van der Waals surface area contributed by atoms with Crippen molar-refractivity contribution in [1.29, 1.82) is 5.26 Å². The van der Waals surface area contributed by atoms with E-state index in [-0.39, 0.29) is 5.56 Å². The normalized spacial score (nSPS) is 16.4. The summed E-state index contributed by atoms with van der Waals surface area (Å²) in [6.07, 6.45) is 6.64. The first-order valence-electron chi connectivity index (χ1n) is 12.8. The smallest absolute Gasteiger partial charge is 0.212 e.